The number of aryl methyl sites for hydroxylation is 1. The van der Waals surface area contributed by atoms with Crippen LogP contribution in [-0.4, -0.2) is 0 Å². The summed E-state index contributed by atoms with van der Waals surface area (Å²) in [6, 6.07) is 4.75. The van der Waals surface area contributed by atoms with E-state index in [4.69, 9.17) is 0 Å². The quantitative estimate of drug-likeness (QED) is 0.500. The van der Waals surface area contributed by atoms with Gasteiger partial charge >= 0.3 is 0 Å². The molecule has 0 fully saturated rings. The minimum atomic E-state index is -0.907. The molecule has 1 radical (unpaired) electrons. The molecule has 0 amide bonds. The first-order valence-corrected chi connectivity index (χ1v) is 2.54. The zero-order valence-corrected chi connectivity index (χ0v) is 4.91. The predicted octanol–water partition coefficient (Wildman–Crippen LogP) is 2.07. The lowest BCUT2D eigenvalue weighted by Gasteiger charge is -1.90. The van der Waals surface area contributed by atoms with Crippen LogP contribution >= 0.6 is 0 Å². The largest absolute Gasteiger partial charge is 0.204 e. The molecule has 0 saturated carbocycles. The van der Waals surface area contributed by atoms with E-state index in [1.807, 2.05) is 0 Å². The summed E-state index contributed by atoms with van der Waals surface area (Å²) < 4.78 is 24.2. The molecular weight excluding hydrogens is 122 g/mol. The van der Waals surface area contributed by atoms with Crippen molar-refractivity contribution in [3.8, 4) is 0 Å². The standard InChI is InChI=1S/C7H5F2/c1-5-2-3-6(8)7(9)4-5/h2-3H,1H3. The van der Waals surface area contributed by atoms with Gasteiger partial charge in [0.15, 0.2) is 11.6 Å². The smallest absolute Gasteiger partial charge is 0.167 e. The van der Waals surface area contributed by atoms with E-state index in [-0.39, 0.29) is 0 Å². The number of rotatable bonds is 0. The van der Waals surface area contributed by atoms with Crippen molar-refractivity contribution in [1.29, 1.82) is 0 Å². The zero-order chi connectivity index (χ0) is 6.85. The van der Waals surface area contributed by atoms with Crippen LogP contribution in [-0.2, 0) is 0 Å². The van der Waals surface area contributed by atoms with Crippen molar-refractivity contribution in [1.82, 2.24) is 0 Å². The van der Waals surface area contributed by atoms with Crippen LogP contribution in [0.25, 0.3) is 0 Å². The molecular formula is C7H5F2. The second kappa shape index (κ2) is 2.13. The Hall–Kier alpha value is -0.920. The summed E-state index contributed by atoms with van der Waals surface area (Å²) in [5, 5.41) is 0. The minimum Gasteiger partial charge on any atom is -0.204 e. The van der Waals surface area contributed by atoms with Crippen molar-refractivity contribution in [2.45, 2.75) is 6.92 Å². The normalized spacial score (nSPS) is 9.67. The van der Waals surface area contributed by atoms with Gasteiger partial charge in [0.05, 0.1) is 0 Å². The third-order valence-electron chi connectivity index (χ3n) is 0.996. The highest BCUT2D eigenvalue weighted by atomic mass is 19.2. The fourth-order valence-corrected chi connectivity index (χ4v) is 0.546. The predicted molar refractivity (Wildman–Crippen MR) is 29.9 cm³/mol. The van der Waals surface area contributed by atoms with E-state index in [9.17, 15) is 8.78 Å². The Morgan fingerprint density at radius 1 is 1.33 bits per heavy atom. The van der Waals surface area contributed by atoms with E-state index < -0.39 is 11.6 Å². The fourth-order valence-electron chi connectivity index (χ4n) is 0.546. The summed E-state index contributed by atoms with van der Waals surface area (Å²) in [5.74, 6) is -1.75. The second-order valence-electron chi connectivity index (χ2n) is 1.80. The van der Waals surface area contributed by atoms with Gasteiger partial charge in [0, 0.05) is 6.07 Å². The topological polar surface area (TPSA) is 0 Å². The molecule has 0 bridgehead atoms. The summed E-state index contributed by atoms with van der Waals surface area (Å²) in [6.07, 6.45) is 0. The third kappa shape index (κ3) is 1.25. The van der Waals surface area contributed by atoms with Gasteiger partial charge in [-0.05, 0) is 18.6 Å². The molecule has 1 aromatic carbocycles. The van der Waals surface area contributed by atoms with Crippen LogP contribution in [0.2, 0.25) is 0 Å². The lowest BCUT2D eigenvalue weighted by Crippen LogP contribution is -1.83. The molecule has 0 aliphatic heterocycles. The Morgan fingerprint density at radius 2 is 2.00 bits per heavy atom. The maximum absolute atomic E-state index is 12.1. The van der Waals surface area contributed by atoms with Crippen LogP contribution in [0.1, 0.15) is 5.56 Å². The van der Waals surface area contributed by atoms with Gasteiger partial charge in [-0.2, -0.15) is 0 Å². The third-order valence-corrected chi connectivity index (χ3v) is 0.996. The number of hydrogen-bond donors (Lipinski definition) is 0. The Kier molecular flexibility index (Phi) is 1.47. The van der Waals surface area contributed by atoms with Gasteiger partial charge in [0.2, 0.25) is 0 Å². The molecule has 0 nitrogen and oxygen atoms in total. The molecule has 0 aromatic heterocycles. The highest BCUT2D eigenvalue weighted by Gasteiger charge is 1.98. The molecule has 0 aliphatic rings. The van der Waals surface area contributed by atoms with Crippen molar-refractivity contribution < 1.29 is 8.78 Å². The molecule has 0 atom stereocenters. The first kappa shape index (κ1) is 6.20. The van der Waals surface area contributed by atoms with Gasteiger partial charge in [0.25, 0.3) is 0 Å². The van der Waals surface area contributed by atoms with E-state index >= 15 is 0 Å². The highest BCUT2D eigenvalue weighted by Crippen LogP contribution is 2.05. The summed E-state index contributed by atoms with van der Waals surface area (Å²) in [6.45, 7) is 1.66. The Balaban J connectivity index is 3.17. The van der Waals surface area contributed by atoms with Crippen molar-refractivity contribution in [3.05, 3.63) is 35.4 Å². The molecule has 0 unspecified atom stereocenters. The molecule has 0 spiro atoms. The van der Waals surface area contributed by atoms with E-state index in [1.54, 1.807) is 6.92 Å². The van der Waals surface area contributed by atoms with Crippen molar-refractivity contribution in [2.75, 3.05) is 0 Å². The van der Waals surface area contributed by atoms with Crippen molar-refractivity contribution in [2.24, 2.45) is 0 Å². The second-order valence-corrected chi connectivity index (χ2v) is 1.80. The Morgan fingerprint density at radius 3 is 2.44 bits per heavy atom. The van der Waals surface area contributed by atoms with Crippen molar-refractivity contribution in [3.63, 3.8) is 0 Å². The van der Waals surface area contributed by atoms with Gasteiger partial charge in [-0.25, -0.2) is 8.78 Å². The first-order chi connectivity index (χ1) is 4.20. The summed E-state index contributed by atoms with van der Waals surface area (Å²) >= 11 is 0. The van der Waals surface area contributed by atoms with Gasteiger partial charge < -0.3 is 0 Å². The van der Waals surface area contributed by atoms with Gasteiger partial charge in [-0.3, -0.25) is 0 Å². The van der Waals surface area contributed by atoms with Gasteiger partial charge in [-0.15, -0.1) is 0 Å². The lowest BCUT2D eigenvalue weighted by atomic mass is 10.2. The van der Waals surface area contributed by atoms with E-state index in [1.165, 1.54) is 6.07 Å². The molecule has 0 N–H and O–H groups in total. The number of benzene rings is 1. The van der Waals surface area contributed by atoms with Crippen LogP contribution in [0.5, 0.6) is 0 Å². The molecule has 1 aromatic rings. The average Bonchev–Trinajstić information content (AvgIpc) is 1.80. The molecule has 0 heterocycles. The zero-order valence-electron chi connectivity index (χ0n) is 4.91. The summed E-state index contributed by atoms with van der Waals surface area (Å²) in [7, 11) is 0. The molecule has 1 rings (SSSR count). The van der Waals surface area contributed by atoms with E-state index in [0.717, 1.165) is 6.07 Å². The molecule has 2 heteroatoms. The lowest BCUT2D eigenvalue weighted by molar-refractivity contribution is 0.506. The monoisotopic (exact) mass is 127 g/mol. The maximum Gasteiger partial charge on any atom is 0.167 e. The number of hydrogen-bond acceptors (Lipinski definition) is 0. The highest BCUT2D eigenvalue weighted by molar-refractivity contribution is 5.13. The molecule has 9 heavy (non-hydrogen) atoms. The van der Waals surface area contributed by atoms with Crippen LogP contribution in [0.15, 0.2) is 12.1 Å². The summed E-state index contributed by atoms with van der Waals surface area (Å²) in [5.41, 5.74) is 0.605. The Labute approximate surface area is 52.1 Å². The molecule has 0 saturated heterocycles. The first-order valence-electron chi connectivity index (χ1n) is 2.54. The van der Waals surface area contributed by atoms with Crippen molar-refractivity contribution >= 4 is 0 Å². The summed E-state index contributed by atoms with van der Waals surface area (Å²) in [4.78, 5) is 0. The molecule has 47 valence electrons. The fraction of sp³-hybridized carbons (Fsp3) is 0.143. The minimum absolute atomic E-state index is 0.605. The molecule has 0 aliphatic carbocycles. The van der Waals surface area contributed by atoms with E-state index in [0.29, 0.717) is 5.56 Å². The van der Waals surface area contributed by atoms with Crippen LogP contribution in [0.3, 0.4) is 0 Å². The maximum atomic E-state index is 12.1. The Bertz CT molecular complexity index is 218. The van der Waals surface area contributed by atoms with Crippen LogP contribution in [0, 0.1) is 24.6 Å². The van der Waals surface area contributed by atoms with Crippen LogP contribution in [0.4, 0.5) is 8.78 Å². The van der Waals surface area contributed by atoms with Crippen LogP contribution < -0.4 is 0 Å². The average molecular weight is 127 g/mol. The number of halogens is 2. The van der Waals surface area contributed by atoms with E-state index in [2.05, 4.69) is 6.07 Å². The van der Waals surface area contributed by atoms with Gasteiger partial charge in [0.1, 0.15) is 0 Å². The van der Waals surface area contributed by atoms with Gasteiger partial charge in [-0.1, -0.05) is 6.07 Å². The SMILES string of the molecule is Cc1[c]c(F)c(F)cc1.